The van der Waals surface area contributed by atoms with E-state index < -0.39 is 6.04 Å². The van der Waals surface area contributed by atoms with Crippen molar-refractivity contribution in [2.45, 2.75) is 51.2 Å². The van der Waals surface area contributed by atoms with E-state index in [1.807, 2.05) is 6.92 Å². The van der Waals surface area contributed by atoms with Gasteiger partial charge in [-0.2, -0.15) is 0 Å². The molecule has 2 amide bonds. The second kappa shape index (κ2) is 7.76. The molecular formula is C15H25IN2O3. The van der Waals surface area contributed by atoms with Crippen LogP contribution < -0.4 is 10.6 Å². The lowest BCUT2D eigenvalue weighted by Gasteiger charge is -2.42. The van der Waals surface area contributed by atoms with Crippen molar-refractivity contribution in [3.05, 3.63) is 0 Å². The Bertz CT molecular complexity index is 383. The largest absolute Gasteiger partial charge is 0.376 e. The predicted molar refractivity (Wildman–Crippen MR) is 89.4 cm³/mol. The van der Waals surface area contributed by atoms with E-state index in [0.717, 1.165) is 11.8 Å². The summed E-state index contributed by atoms with van der Waals surface area (Å²) >= 11 is 1.64. The molecule has 3 fully saturated rings. The van der Waals surface area contributed by atoms with Gasteiger partial charge in [0.25, 0.3) is 3.91 Å². The second-order valence-corrected chi connectivity index (χ2v) is 7.30. The zero-order chi connectivity index (χ0) is 15.4. The summed E-state index contributed by atoms with van der Waals surface area (Å²) in [5.74, 6) is 2.08. The van der Waals surface area contributed by atoms with Gasteiger partial charge in [-0.05, 0) is 43.9 Å². The monoisotopic (exact) mass is 408 g/mol. The molecule has 6 heteroatoms. The SMILES string of the molecule is CNC(=O)C(NC(=O)I)C(C)OCC1CC2CCC1CC2. The zero-order valence-electron chi connectivity index (χ0n) is 12.7. The molecule has 3 unspecified atom stereocenters. The molecule has 3 saturated carbocycles. The average Bonchev–Trinajstić information content (AvgIpc) is 2.50. The van der Waals surface area contributed by atoms with E-state index in [1.165, 1.54) is 32.1 Å². The highest BCUT2D eigenvalue weighted by Gasteiger charge is 2.36. The third-order valence-electron chi connectivity index (χ3n) is 5.03. The third kappa shape index (κ3) is 4.55. The maximum absolute atomic E-state index is 11.9. The van der Waals surface area contributed by atoms with E-state index in [-0.39, 0.29) is 15.9 Å². The number of ether oxygens (including phenoxy) is 1. The van der Waals surface area contributed by atoms with Crippen molar-refractivity contribution in [2.24, 2.45) is 17.8 Å². The van der Waals surface area contributed by atoms with Crippen molar-refractivity contribution in [2.75, 3.05) is 13.7 Å². The Balaban J connectivity index is 1.85. The Morgan fingerprint density at radius 2 is 1.95 bits per heavy atom. The first-order valence-corrected chi connectivity index (χ1v) is 8.88. The highest BCUT2D eigenvalue weighted by Crippen LogP contribution is 2.45. The number of hydrogen-bond donors (Lipinski definition) is 2. The van der Waals surface area contributed by atoms with Crippen LogP contribution in [0.2, 0.25) is 0 Å². The van der Waals surface area contributed by atoms with E-state index in [4.69, 9.17) is 4.74 Å². The molecule has 0 aromatic heterocycles. The highest BCUT2D eigenvalue weighted by atomic mass is 127. The molecule has 3 aliphatic carbocycles. The van der Waals surface area contributed by atoms with E-state index in [0.29, 0.717) is 12.5 Å². The first-order valence-electron chi connectivity index (χ1n) is 7.80. The number of carbonyl (C=O) groups is 2. The minimum absolute atomic E-state index is 0.210. The number of fused-ring (bicyclic) bond motifs is 3. The van der Waals surface area contributed by atoms with Gasteiger partial charge in [-0.1, -0.05) is 12.8 Å². The number of hydrogen-bond acceptors (Lipinski definition) is 3. The van der Waals surface area contributed by atoms with Gasteiger partial charge in [-0.15, -0.1) is 0 Å². The average molecular weight is 408 g/mol. The Kier molecular flexibility index (Phi) is 6.28. The van der Waals surface area contributed by atoms with Gasteiger partial charge in [0.05, 0.1) is 12.7 Å². The van der Waals surface area contributed by atoms with Gasteiger partial charge in [-0.3, -0.25) is 9.59 Å². The molecule has 3 aliphatic rings. The van der Waals surface area contributed by atoms with Gasteiger partial charge in [-0.25, -0.2) is 0 Å². The van der Waals surface area contributed by atoms with Crippen molar-refractivity contribution in [3.63, 3.8) is 0 Å². The van der Waals surface area contributed by atoms with Gasteiger partial charge in [0.1, 0.15) is 6.04 Å². The fourth-order valence-corrected chi connectivity index (χ4v) is 4.10. The molecule has 3 atom stereocenters. The number of likely N-dealkylation sites (N-methyl/N-ethyl adjacent to an activating group) is 1. The molecule has 0 spiro atoms. The molecule has 120 valence electrons. The van der Waals surface area contributed by atoms with Crippen LogP contribution in [0.25, 0.3) is 0 Å². The quantitative estimate of drug-likeness (QED) is 0.403. The smallest absolute Gasteiger partial charge is 0.281 e. The lowest BCUT2D eigenvalue weighted by molar-refractivity contribution is -0.126. The molecule has 0 aliphatic heterocycles. The molecule has 0 heterocycles. The molecule has 2 bridgehead atoms. The fraction of sp³-hybridized carbons (Fsp3) is 0.867. The summed E-state index contributed by atoms with van der Waals surface area (Å²) < 4.78 is 5.70. The van der Waals surface area contributed by atoms with Crippen LogP contribution in [0.1, 0.15) is 39.0 Å². The van der Waals surface area contributed by atoms with Gasteiger partial charge >= 0.3 is 0 Å². The van der Waals surface area contributed by atoms with Gasteiger partial charge in [0.15, 0.2) is 0 Å². The van der Waals surface area contributed by atoms with E-state index >= 15 is 0 Å². The van der Waals surface area contributed by atoms with Crippen molar-refractivity contribution in [1.82, 2.24) is 10.6 Å². The van der Waals surface area contributed by atoms with Crippen LogP contribution >= 0.6 is 22.6 Å². The van der Waals surface area contributed by atoms with E-state index in [9.17, 15) is 9.59 Å². The first kappa shape index (κ1) is 17.0. The predicted octanol–water partition coefficient (Wildman–Crippen LogP) is 2.48. The number of rotatable bonds is 6. The van der Waals surface area contributed by atoms with Crippen molar-refractivity contribution >= 4 is 32.4 Å². The van der Waals surface area contributed by atoms with Gasteiger partial charge in [0, 0.05) is 29.6 Å². The molecule has 0 radical (unpaired) electrons. The summed E-state index contributed by atoms with van der Waals surface area (Å²) in [7, 11) is 1.57. The lowest BCUT2D eigenvalue weighted by Crippen LogP contribution is -2.51. The molecule has 2 N–H and O–H groups in total. The summed E-state index contributed by atoms with van der Waals surface area (Å²) in [6, 6.07) is -0.625. The summed E-state index contributed by atoms with van der Waals surface area (Å²) in [6.07, 6.45) is 6.36. The van der Waals surface area contributed by atoms with Crippen molar-refractivity contribution in [3.8, 4) is 0 Å². The first-order chi connectivity index (χ1) is 10.0. The Morgan fingerprint density at radius 1 is 1.29 bits per heavy atom. The Labute approximate surface area is 140 Å². The number of nitrogens with one attached hydrogen (secondary N) is 2. The van der Waals surface area contributed by atoms with Crippen LogP contribution in [0.3, 0.4) is 0 Å². The maximum atomic E-state index is 11.9. The zero-order valence-corrected chi connectivity index (χ0v) is 14.9. The van der Waals surface area contributed by atoms with Gasteiger partial charge in [0.2, 0.25) is 5.91 Å². The van der Waals surface area contributed by atoms with Crippen LogP contribution in [0.4, 0.5) is 4.79 Å². The number of halogens is 1. The molecule has 3 rings (SSSR count). The highest BCUT2D eigenvalue weighted by molar-refractivity contribution is 14.1. The van der Waals surface area contributed by atoms with Crippen LogP contribution in [0.15, 0.2) is 0 Å². The van der Waals surface area contributed by atoms with E-state index in [2.05, 4.69) is 10.6 Å². The normalized spacial score (nSPS) is 30.5. The van der Waals surface area contributed by atoms with Crippen molar-refractivity contribution in [1.29, 1.82) is 0 Å². The molecule has 21 heavy (non-hydrogen) atoms. The molecule has 0 saturated heterocycles. The van der Waals surface area contributed by atoms with Crippen molar-refractivity contribution < 1.29 is 14.3 Å². The summed E-state index contributed by atoms with van der Waals surface area (Å²) in [6.45, 7) is 2.56. The minimum atomic E-state index is -0.625. The summed E-state index contributed by atoms with van der Waals surface area (Å²) in [5, 5.41) is 5.24. The van der Waals surface area contributed by atoms with Crippen LogP contribution in [-0.4, -0.2) is 35.6 Å². The van der Waals surface area contributed by atoms with Crippen LogP contribution in [0, 0.1) is 17.8 Å². The Morgan fingerprint density at radius 3 is 2.43 bits per heavy atom. The maximum Gasteiger partial charge on any atom is 0.281 e. The summed E-state index contributed by atoms with van der Waals surface area (Å²) in [4.78, 5) is 23.1. The fourth-order valence-electron chi connectivity index (χ4n) is 3.77. The molecule has 0 aromatic carbocycles. The summed E-state index contributed by atoms with van der Waals surface area (Å²) in [5.41, 5.74) is 0. The van der Waals surface area contributed by atoms with E-state index in [1.54, 1.807) is 29.6 Å². The molecule has 5 nitrogen and oxygen atoms in total. The van der Waals surface area contributed by atoms with Crippen LogP contribution in [-0.2, 0) is 9.53 Å². The lowest BCUT2D eigenvalue weighted by atomic mass is 9.65. The molecule has 0 aromatic rings. The topological polar surface area (TPSA) is 67.4 Å². The second-order valence-electron chi connectivity index (χ2n) is 6.33. The number of carbonyl (C=O) groups excluding carboxylic acids is 2. The van der Waals surface area contributed by atoms with Crippen LogP contribution in [0.5, 0.6) is 0 Å². The number of amides is 2. The minimum Gasteiger partial charge on any atom is -0.376 e. The van der Waals surface area contributed by atoms with Gasteiger partial charge < -0.3 is 15.4 Å². The standard InChI is InChI=1S/C15H25IN2O3/c1-9(13(14(19)17-2)18-15(16)20)21-8-12-7-10-3-5-11(12)6-4-10/h9-13H,3-8H2,1-2H3,(H,17,19)(H,18,20). The Hall–Kier alpha value is -0.370. The molecular weight excluding hydrogens is 383 g/mol. The third-order valence-corrected chi connectivity index (χ3v) is 5.35.